The molecule has 0 bridgehead atoms. The number of ether oxygens (including phenoxy) is 3. The molecular weight excluding hydrogens is 514 g/mol. The van der Waals surface area contributed by atoms with E-state index in [-0.39, 0.29) is 37.1 Å². The molecule has 5 aliphatic rings. The van der Waals surface area contributed by atoms with Crippen molar-refractivity contribution in [2.24, 2.45) is 11.8 Å². The molecule has 0 radical (unpaired) electrons. The minimum atomic E-state index is -0.582. The van der Waals surface area contributed by atoms with Gasteiger partial charge in [0.25, 0.3) is 0 Å². The zero-order valence-corrected chi connectivity index (χ0v) is 24.5. The SMILES string of the molecule is CCCN(C)C1NC(NC2COC2)CC(C(=O)NC[C@H](O)CN2CCC3CC(OCC4CNCO4)CCC3C2)N1. The van der Waals surface area contributed by atoms with Crippen LogP contribution in [0.3, 0.4) is 0 Å². The Labute approximate surface area is 239 Å². The van der Waals surface area contributed by atoms with Gasteiger partial charge in [0.1, 0.15) is 6.29 Å². The van der Waals surface area contributed by atoms with Gasteiger partial charge in [-0.15, -0.1) is 0 Å². The van der Waals surface area contributed by atoms with Crippen molar-refractivity contribution in [3.63, 3.8) is 0 Å². The number of hydrogen-bond acceptors (Lipinski definition) is 11. The lowest BCUT2D eigenvalue weighted by atomic mass is 9.74. The third-order valence-electron chi connectivity index (χ3n) is 9.29. The summed E-state index contributed by atoms with van der Waals surface area (Å²) in [5.74, 6) is 1.32. The lowest BCUT2D eigenvalue weighted by Crippen LogP contribution is -2.71. The normalized spacial score (nSPS) is 36.2. The Hall–Kier alpha value is -0.930. The van der Waals surface area contributed by atoms with Crippen molar-refractivity contribution in [1.29, 1.82) is 0 Å². The zero-order chi connectivity index (χ0) is 27.9. The summed E-state index contributed by atoms with van der Waals surface area (Å²) in [6, 6.07) is -0.00468. The number of β-amino-alcohol motifs (C(OH)–C–C–N with tert-alkyl or cyclic N) is 1. The molecule has 1 aliphatic carbocycles. The molecule has 1 amide bonds. The lowest BCUT2D eigenvalue weighted by molar-refractivity contribution is -0.126. The van der Waals surface area contributed by atoms with Gasteiger partial charge in [0.2, 0.25) is 5.91 Å². The fraction of sp³-hybridized carbons (Fsp3) is 0.964. The van der Waals surface area contributed by atoms with Crippen LogP contribution in [0.1, 0.15) is 45.4 Å². The molecule has 12 nitrogen and oxygen atoms in total. The molecule has 230 valence electrons. The first-order valence-electron chi connectivity index (χ1n) is 15.6. The van der Waals surface area contributed by atoms with Crippen molar-refractivity contribution in [3.05, 3.63) is 0 Å². The maximum absolute atomic E-state index is 13.2. The highest BCUT2D eigenvalue weighted by molar-refractivity contribution is 5.82. The van der Waals surface area contributed by atoms with Crippen LogP contribution in [0.2, 0.25) is 0 Å². The second kappa shape index (κ2) is 15.0. The van der Waals surface area contributed by atoms with E-state index in [9.17, 15) is 9.90 Å². The number of nitrogens with zero attached hydrogens (tertiary/aromatic N) is 2. The smallest absolute Gasteiger partial charge is 0.237 e. The quantitative estimate of drug-likeness (QED) is 0.161. The second-order valence-corrected chi connectivity index (χ2v) is 12.6. The van der Waals surface area contributed by atoms with E-state index < -0.39 is 6.10 Å². The van der Waals surface area contributed by atoms with Crippen molar-refractivity contribution in [1.82, 2.24) is 36.4 Å². The van der Waals surface area contributed by atoms with Gasteiger partial charge < -0.3 is 29.5 Å². The van der Waals surface area contributed by atoms with Crippen molar-refractivity contribution in [2.75, 3.05) is 72.9 Å². The first-order chi connectivity index (χ1) is 19.5. The van der Waals surface area contributed by atoms with Crippen LogP contribution >= 0.6 is 0 Å². The van der Waals surface area contributed by atoms with E-state index in [1.807, 2.05) is 0 Å². The molecule has 5 rings (SSSR count). The third-order valence-corrected chi connectivity index (χ3v) is 9.29. The Kier molecular flexibility index (Phi) is 11.4. The maximum atomic E-state index is 13.2. The molecule has 0 aromatic rings. The van der Waals surface area contributed by atoms with Gasteiger partial charge in [-0.05, 0) is 57.5 Å². The summed E-state index contributed by atoms with van der Waals surface area (Å²) in [5, 5.41) is 27.7. The Bertz CT molecular complexity index is 786. The largest absolute Gasteiger partial charge is 0.390 e. The van der Waals surface area contributed by atoms with E-state index in [1.165, 1.54) is 6.42 Å². The molecule has 7 unspecified atom stereocenters. The second-order valence-electron chi connectivity index (χ2n) is 12.6. The number of carbonyl (C=O) groups excluding carboxylic acids is 1. The van der Waals surface area contributed by atoms with E-state index in [0.29, 0.717) is 63.5 Å². The van der Waals surface area contributed by atoms with Gasteiger partial charge in [-0.2, -0.15) is 0 Å². The summed E-state index contributed by atoms with van der Waals surface area (Å²) in [7, 11) is 2.06. The predicted octanol–water partition coefficient (Wildman–Crippen LogP) is -1.19. The number of aliphatic hydroxyl groups excluding tert-OH is 1. The predicted molar refractivity (Wildman–Crippen MR) is 151 cm³/mol. The number of fused-ring (bicyclic) bond motifs is 1. The summed E-state index contributed by atoms with van der Waals surface area (Å²) in [6.45, 7) is 9.60. The molecule has 1 saturated carbocycles. The van der Waals surface area contributed by atoms with Gasteiger partial charge in [-0.25, -0.2) is 0 Å². The van der Waals surface area contributed by atoms with Crippen LogP contribution in [0, 0.1) is 11.8 Å². The van der Waals surface area contributed by atoms with Crippen LogP contribution in [0.15, 0.2) is 0 Å². The Balaban J connectivity index is 1.02. The maximum Gasteiger partial charge on any atom is 0.237 e. The summed E-state index contributed by atoms with van der Waals surface area (Å²) < 4.78 is 17.1. The van der Waals surface area contributed by atoms with E-state index in [1.54, 1.807) is 0 Å². The molecular formula is C28H53N7O5. The minimum Gasteiger partial charge on any atom is -0.390 e. The first-order valence-corrected chi connectivity index (χ1v) is 15.6. The molecule has 0 aromatic heterocycles. The Morgan fingerprint density at radius 3 is 2.83 bits per heavy atom. The fourth-order valence-corrected chi connectivity index (χ4v) is 6.93. The molecule has 4 heterocycles. The number of hydrogen-bond donors (Lipinski definition) is 6. The molecule has 6 N–H and O–H groups in total. The number of nitrogens with one attached hydrogen (secondary N) is 5. The van der Waals surface area contributed by atoms with Crippen LogP contribution in [-0.2, 0) is 19.0 Å². The highest BCUT2D eigenvalue weighted by Gasteiger charge is 2.37. The number of carbonyl (C=O) groups is 1. The van der Waals surface area contributed by atoms with Crippen LogP contribution in [0.5, 0.6) is 0 Å². The lowest BCUT2D eigenvalue weighted by Gasteiger charge is -2.44. The topological polar surface area (TPSA) is 132 Å². The standard InChI is InChI=1S/C28H53N7O5/c1-3-7-34(2)28-32-25(10-26(33-28)31-21-15-38-16-21)27(37)30-11-22(36)14-35-8-6-19-9-23(5-4-20(19)13-35)39-17-24-12-29-18-40-24/h19-26,28-29,31-33,36H,3-18H2,1-2H3,(H,30,37)/t19?,20?,22-,23?,24?,25?,26?,28?/m0/s1. The van der Waals surface area contributed by atoms with E-state index in [0.717, 1.165) is 51.9 Å². The molecule has 12 heteroatoms. The molecule has 8 atom stereocenters. The average Bonchev–Trinajstić information content (AvgIpc) is 3.46. The number of likely N-dealkylation sites (tertiary alicyclic amines) is 1. The van der Waals surface area contributed by atoms with Gasteiger partial charge in [0.15, 0.2) is 0 Å². The van der Waals surface area contributed by atoms with Gasteiger partial charge in [0.05, 0.1) is 63.1 Å². The third kappa shape index (κ3) is 8.56. The van der Waals surface area contributed by atoms with Crippen LogP contribution in [-0.4, -0.2) is 137 Å². The zero-order valence-electron chi connectivity index (χ0n) is 24.5. The monoisotopic (exact) mass is 567 g/mol. The number of amides is 1. The summed E-state index contributed by atoms with van der Waals surface area (Å²) >= 11 is 0. The molecule has 0 aromatic carbocycles. The average molecular weight is 568 g/mol. The molecule has 40 heavy (non-hydrogen) atoms. The Morgan fingerprint density at radius 2 is 2.08 bits per heavy atom. The highest BCUT2D eigenvalue weighted by atomic mass is 16.5. The van der Waals surface area contributed by atoms with Crippen molar-refractivity contribution >= 4 is 5.91 Å². The summed E-state index contributed by atoms with van der Waals surface area (Å²) in [6.07, 6.45) is 6.13. The van der Waals surface area contributed by atoms with Crippen LogP contribution in [0.4, 0.5) is 0 Å². The van der Waals surface area contributed by atoms with Crippen molar-refractivity contribution in [3.8, 4) is 0 Å². The molecule has 5 fully saturated rings. The van der Waals surface area contributed by atoms with E-state index >= 15 is 0 Å². The van der Waals surface area contributed by atoms with Gasteiger partial charge in [0, 0.05) is 39.1 Å². The Morgan fingerprint density at radius 1 is 1.20 bits per heavy atom. The van der Waals surface area contributed by atoms with Gasteiger partial charge >= 0.3 is 0 Å². The summed E-state index contributed by atoms with van der Waals surface area (Å²) in [4.78, 5) is 17.8. The van der Waals surface area contributed by atoms with Crippen molar-refractivity contribution in [2.45, 2.75) is 88.3 Å². The highest BCUT2D eigenvalue weighted by Crippen LogP contribution is 2.37. The van der Waals surface area contributed by atoms with Crippen molar-refractivity contribution < 1.29 is 24.1 Å². The van der Waals surface area contributed by atoms with Crippen LogP contribution < -0.4 is 26.6 Å². The minimum absolute atomic E-state index is 0.0231. The number of piperidine rings is 1. The first kappa shape index (κ1) is 30.5. The van der Waals surface area contributed by atoms with E-state index in [4.69, 9.17) is 14.2 Å². The van der Waals surface area contributed by atoms with Gasteiger partial charge in [-0.1, -0.05) is 6.92 Å². The molecule has 4 aliphatic heterocycles. The van der Waals surface area contributed by atoms with Gasteiger partial charge in [-0.3, -0.25) is 31.0 Å². The summed E-state index contributed by atoms with van der Waals surface area (Å²) in [5.41, 5.74) is 0. The number of aliphatic hydroxyl groups is 1. The van der Waals surface area contributed by atoms with Crippen LogP contribution in [0.25, 0.3) is 0 Å². The molecule has 4 saturated heterocycles. The fourth-order valence-electron chi connectivity index (χ4n) is 6.93. The molecule has 0 spiro atoms. The number of rotatable bonds is 13. The van der Waals surface area contributed by atoms with E-state index in [2.05, 4.69) is 50.4 Å².